The Kier molecular flexibility index (Phi) is 5.23. The molecule has 2 aromatic carbocycles. The average Bonchev–Trinajstić information content (AvgIpc) is 2.65. The minimum absolute atomic E-state index is 0.332. The standard InChI is InChI=1S/C19H10BrCl2N3OS/c20-11-4-1-2-7-15(11)27-16-9-8-14-18(19(26)23-10-25(14)24-16)17-12(21)5-3-6-13(17)22/h1-10H. The molecule has 0 aliphatic rings. The number of hydrogen-bond acceptors (Lipinski definition) is 4. The summed E-state index contributed by atoms with van der Waals surface area (Å²) in [5.74, 6) is 0. The first-order chi connectivity index (χ1) is 13.0. The number of aromatic nitrogens is 3. The molecule has 0 bridgehead atoms. The quantitative estimate of drug-likeness (QED) is 0.363. The van der Waals surface area contributed by atoms with Crippen molar-refractivity contribution in [3.63, 3.8) is 0 Å². The van der Waals surface area contributed by atoms with Crippen LogP contribution in [0.15, 0.2) is 80.1 Å². The van der Waals surface area contributed by atoms with E-state index in [1.54, 1.807) is 22.7 Å². The average molecular weight is 479 g/mol. The number of hydrogen-bond donors (Lipinski definition) is 0. The number of nitrogens with zero attached hydrogens (tertiary/aromatic N) is 3. The predicted octanol–water partition coefficient (Wildman–Crippen LogP) is 5.98. The van der Waals surface area contributed by atoms with Crippen molar-refractivity contribution < 1.29 is 0 Å². The summed E-state index contributed by atoms with van der Waals surface area (Å²) >= 11 is 17.6. The van der Waals surface area contributed by atoms with E-state index in [1.165, 1.54) is 18.1 Å². The second-order valence-corrected chi connectivity index (χ2v) is 8.29. The minimum Gasteiger partial charge on any atom is -0.267 e. The van der Waals surface area contributed by atoms with Crippen LogP contribution in [-0.2, 0) is 0 Å². The molecule has 0 fully saturated rings. The van der Waals surface area contributed by atoms with Gasteiger partial charge in [0, 0.05) is 14.9 Å². The molecule has 0 unspecified atom stereocenters. The highest BCUT2D eigenvalue weighted by atomic mass is 79.9. The number of rotatable bonds is 3. The molecule has 4 aromatic rings. The van der Waals surface area contributed by atoms with Crippen LogP contribution < -0.4 is 5.56 Å². The van der Waals surface area contributed by atoms with Crippen molar-refractivity contribution in [1.29, 1.82) is 0 Å². The van der Waals surface area contributed by atoms with E-state index in [0.29, 0.717) is 26.7 Å². The van der Waals surface area contributed by atoms with Crippen LogP contribution >= 0.6 is 50.9 Å². The largest absolute Gasteiger partial charge is 0.281 e. The van der Waals surface area contributed by atoms with Gasteiger partial charge in [-0.15, -0.1) is 0 Å². The molecule has 0 atom stereocenters. The van der Waals surface area contributed by atoms with Gasteiger partial charge in [0.05, 0.1) is 21.1 Å². The zero-order chi connectivity index (χ0) is 19.0. The molecule has 134 valence electrons. The highest BCUT2D eigenvalue weighted by Gasteiger charge is 2.17. The first kappa shape index (κ1) is 18.5. The number of fused-ring (bicyclic) bond motifs is 1. The highest BCUT2D eigenvalue weighted by Crippen LogP contribution is 2.36. The molecule has 8 heteroatoms. The molecule has 2 aromatic heterocycles. The fraction of sp³-hybridized carbons (Fsp3) is 0. The maximum atomic E-state index is 12.5. The lowest BCUT2D eigenvalue weighted by atomic mass is 10.1. The SMILES string of the molecule is O=c1ncn2nc(Sc3ccccc3Br)ccc2c1-c1c(Cl)cccc1Cl. The summed E-state index contributed by atoms with van der Waals surface area (Å²) in [5, 5.41) is 6.11. The van der Waals surface area contributed by atoms with Gasteiger partial charge in [-0.25, -0.2) is 4.52 Å². The Balaban J connectivity index is 1.87. The normalized spacial score (nSPS) is 11.1. The van der Waals surface area contributed by atoms with Crippen LogP contribution in [-0.4, -0.2) is 14.6 Å². The molecule has 0 saturated carbocycles. The Bertz CT molecular complexity index is 1210. The van der Waals surface area contributed by atoms with Gasteiger partial charge < -0.3 is 0 Å². The van der Waals surface area contributed by atoms with Gasteiger partial charge in [-0.05, 0) is 52.3 Å². The Labute approximate surface area is 177 Å². The lowest BCUT2D eigenvalue weighted by Crippen LogP contribution is -2.14. The fourth-order valence-corrected chi connectivity index (χ4v) is 4.57. The zero-order valence-electron chi connectivity index (χ0n) is 13.6. The van der Waals surface area contributed by atoms with Gasteiger partial charge >= 0.3 is 0 Å². The smallest absolute Gasteiger partial charge is 0.267 e. The summed E-state index contributed by atoms with van der Waals surface area (Å²) in [6.45, 7) is 0. The minimum atomic E-state index is -0.405. The first-order valence-corrected chi connectivity index (χ1v) is 10.2. The number of benzene rings is 2. The van der Waals surface area contributed by atoms with Crippen LogP contribution in [0.3, 0.4) is 0 Å². The second-order valence-electron chi connectivity index (χ2n) is 5.56. The van der Waals surface area contributed by atoms with E-state index in [0.717, 1.165) is 14.4 Å². The Morgan fingerprint density at radius 2 is 1.67 bits per heavy atom. The van der Waals surface area contributed by atoms with Crippen LogP contribution in [0.1, 0.15) is 0 Å². The van der Waals surface area contributed by atoms with E-state index >= 15 is 0 Å². The molecule has 0 radical (unpaired) electrons. The molecular weight excluding hydrogens is 469 g/mol. The molecule has 0 aliphatic carbocycles. The predicted molar refractivity (Wildman–Crippen MR) is 113 cm³/mol. The van der Waals surface area contributed by atoms with Crippen molar-refractivity contribution in [3.05, 3.63) is 85.8 Å². The molecule has 0 aliphatic heterocycles. The monoisotopic (exact) mass is 477 g/mol. The van der Waals surface area contributed by atoms with Gasteiger partial charge in [-0.2, -0.15) is 10.1 Å². The van der Waals surface area contributed by atoms with E-state index in [4.69, 9.17) is 23.2 Å². The van der Waals surface area contributed by atoms with Crippen molar-refractivity contribution in [3.8, 4) is 11.1 Å². The molecule has 4 nitrogen and oxygen atoms in total. The van der Waals surface area contributed by atoms with Crippen LogP contribution in [0.4, 0.5) is 0 Å². The van der Waals surface area contributed by atoms with Crippen LogP contribution in [0.25, 0.3) is 16.6 Å². The lowest BCUT2D eigenvalue weighted by Gasteiger charge is -2.11. The van der Waals surface area contributed by atoms with Gasteiger partial charge in [0.2, 0.25) is 0 Å². The summed E-state index contributed by atoms with van der Waals surface area (Å²) in [6.07, 6.45) is 1.40. The van der Waals surface area contributed by atoms with Crippen molar-refractivity contribution in [2.45, 2.75) is 9.92 Å². The molecule has 2 heterocycles. The summed E-state index contributed by atoms with van der Waals surface area (Å²) < 4.78 is 2.55. The van der Waals surface area contributed by atoms with E-state index in [1.807, 2.05) is 36.4 Å². The Hall–Kier alpha value is -1.86. The maximum absolute atomic E-state index is 12.5. The van der Waals surface area contributed by atoms with E-state index in [-0.39, 0.29) is 0 Å². The summed E-state index contributed by atoms with van der Waals surface area (Å²) in [5.41, 5.74) is 0.974. The summed E-state index contributed by atoms with van der Waals surface area (Å²) in [4.78, 5) is 17.5. The second kappa shape index (κ2) is 7.64. The Morgan fingerprint density at radius 3 is 2.41 bits per heavy atom. The lowest BCUT2D eigenvalue weighted by molar-refractivity contribution is 0.824. The van der Waals surface area contributed by atoms with Gasteiger partial charge in [0.25, 0.3) is 5.56 Å². The van der Waals surface area contributed by atoms with Crippen LogP contribution in [0, 0.1) is 0 Å². The van der Waals surface area contributed by atoms with Crippen LogP contribution in [0.2, 0.25) is 10.0 Å². The highest BCUT2D eigenvalue weighted by molar-refractivity contribution is 9.10. The third-order valence-electron chi connectivity index (χ3n) is 3.86. The van der Waals surface area contributed by atoms with Gasteiger partial charge in [0.15, 0.2) is 0 Å². The van der Waals surface area contributed by atoms with Crippen molar-refractivity contribution >= 4 is 56.4 Å². The van der Waals surface area contributed by atoms with Gasteiger partial charge in [-0.1, -0.05) is 53.2 Å². The maximum Gasteiger partial charge on any atom is 0.281 e. The third-order valence-corrected chi connectivity index (χ3v) is 6.44. The van der Waals surface area contributed by atoms with E-state index in [9.17, 15) is 4.79 Å². The van der Waals surface area contributed by atoms with Crippen molar-refractivity contribution in [1.82, 2.24) is 14.6 Å². The molecular formula is C19H10BrCl2N3OS. The van der Waals surface area contributed by atoms with E-state index < -0.39 is 5.56 Å². The number of halogens is 3. The van der Waals surface area contributed by atoms with Crippen molar-refractivity contribution in [2.75, 3.05) is 0 Å². The molecule has 0 N–H and O–H groups in total. The molecule has 4 rings (SSSR count). The topological polar surface area (TPSA) is 47.3 Å². The first-order valence-electron chi connectivity index (χ1n) is 7.80. The fourth-order valence-electron chi connectivity index (χ4n) is 2.65. The third kappa shape index (κ3) is 3.62. The molecule has 0 spiro atoms. The molecule has 27 heavy (non-hydrogen) atoms. The summed E-state index contributed by atoms with van der Waals surface area (Å²) in [6, 6.07) is 16.7. The van der Waals surface area contributed by atoms with Crippen molar-refractivity contribution in [2.24, 2.45) is 0 Å². The van der Waals surface area contributed by atoms with E-state index in [2.05, 4.69) is 26.0 Å². The molecule has 0 saturated heterocycles. The molecule has 0 amide bonds. The van der Waals surface area contributed by atoms with Gasteiger partial charge in [-0.3, -0.25) is 4.79 Å². The summed E-state index contributed by atoms with van der Waals surface area (Å²) in [7, 11) is 0. The Morgan fingerprint density at radius 1 is 0.926 bits per heavy atom. The van der Waals surface area contributed by atoms with Gasteiger partial charge in [0.1, 0.15) is 11.4 Å². The van der Waals surface area contributed by atoms with Crippen LogP contribution in [0.5, 0.6) is 0 Å². The zero-order valence-corrected chi connectivity index (χ0v) is 17.5.